The molecule has 1 aliphatic rings. The molecule has 0 aromatic heterocycles. The number of thiocarbonyl (C=S) groups is 1. The van der Waals surface area contributed by atoms with E-state index in [4.69, 9.17) is 11.1 Å². The summed E-state index contributed by atoms with van der Waals surface area (Å²) < 4.78 is 0. The third-order valence-electron chi connectivity index (χ3n) is 4.35. The van der Waals surface area contributed by atoms with E-state index in [-0.39, 0.29) is 18.5 Å². The Balaban J connectivity index is 1.85. The quantitative estimate of drug-likeness (QED) is 0.181. The summed E-state index contributed by atoms with van der Waals surface area (Å²) in [6.07, 6.45) is 3.27. The first-order valence-electron chi connectivity index (χ1n) is 8.10. The van der Waals surface area contributed by atoms with Gasteiger partial charge >= 0.3 is 0 Å². The molecule has 128 valence electrons. The fraction of sp³-hybridized carbons (Fsp3) is 0.471. The minimum atomic E-state index is -0.152. The lowest BCUT2D eigenvalue weighted by Crippen LogP contribution is -2.40. The van der Waals surface area contributed by atoms with Crippen LogP contribution < -0.4 is 16.4 Å². The SMILES string of the molecule is N=C(N)NCNC(=O)CCC1c2cccc(c2)C1CCCN=C=S. The third kappa shape index (κ3) is 5.15. The van der Waals surface area contributed by atoms with E-state index >= 15 is 0 Å². The number of carbonyl (C=O) groups excluding carboxylic acids is 1. The predicted molar refractivity (Wildman–Crippen MR) is 98.3 cm³/mol. The smallest absolute Gasteiger partial charge is 0.221 e. The van der Waals surface area contributed by atoms with Gasteiger partial charge in [0, 0.05) is 13.0 Å². The average molecular weight is 345 g/mol. The highest BCUT2D eigenvalue weighted by Crippen LogP contribution is 2.45. The van der Waals surface area contributed by atoms with Gasteiger partial charge in [0.1, 0.15) is 0 Å². The highest BCUT2D eigenvalue weighted by Gasteiger charge is 2.30. The van der Waals surface area contributed by atoms with E-state index in [1.54, 1.807) is 0 Å². The topological polar surface area (TPSA) is 103 Å². The van der Waals surface area contributed by atoms with Crippen LogP contribution in [-0.4, -0.2) is 30.2 Å². The lowest BCUT2D eigenvalue weighted by atomic mass is 9.84. The summed E-state index contributed by atoms with van der Waals surface area (Å²) in [7, 11) is 0. The standard InChI is InChI=1S/C17H23N5OS/c18-17(19)22-10-21-16(23)7-6-15-13-4-1-3-12(9-13)14(15)5-2-8-20-11-24/h1,3-4,9,14-15H,2,5-8,10H2,(H,21,23)(H4,18,19,22). The molecule has 0 aliphatic heterocycles. The van der Waals surface area contributed by atoms with Crippen molar-refractivity contribution in [1.29, 1.82) is 5.41 Å². The van der Waals surface area contributed by atoms with Crippen molar-refractivity contribution in [3.63, 3.8) is 0 Å². The normalized spacial score (nSPS) is 17.8. The van der Waals surface area contributed by atoms with Crippen LogP contribution in [0, 0.1) is 5.41 Å². The first-order chi connectivity index (χ1) is 11.6. The number of rotatable bonds is 9. The molecule has 0 heterocycles. The van der Waals surface area contributed by atoms with Crippen LogP contribution in [0.4, 0.5) is 0 Å². The first kappa shape index (κ1) is 18.1. The van der Waals surface area contributed by atoms with Crippen molar-refractivity contribution in [2.24, 2.45) is 10.7 Å². The van der Waals surface area contributed by atoms with Gasteiger partial charge in [-0.3, -0.25) is 10.2 Å². The number of fused-ring (bicyclic) bond motifs is 2. The van der Waals surface area contributed by atoms with Crippen LogP contribution in [0.25, 0.3) is 0 Å². The Labute approximate surface area is 147 Å². The van der Waals surface area contributed by atoms with Crippen LogP contribution in [-0.2, 0) is 4.79 Å². The van der Waals surface area contributed by atoms with Gasteiger partial charge in [0.05, 0.1) is 11.8 Å². The summed E-state index contributed by atoms with van der Waals surface area (Å²) >= 11 is 4.60. The third-order valence-corrected chi connectivity index (χ3v) is 4.48. The molecule has 1 aromatic rings. The summed E-state index contributed by atoms with van der Waals surface area (Å²) in [5, 5.41) is 14.7. The Morgan fingerprint density at radius 3 is 2.67 bits per heavy atom. The van der Waals surface area contributed by atoms with Crippen molar-refractivity contribution >= 4 is 29.2 Å². The van der Waals surface area contributed by atoms with Crippen molar-refractivity contribution in [1.82, 2.24) is 10.6 Å². The molecule has 2 atom stereocenters. The van der Waals surface area contributed by atoms with Crippen molar-refractivity contribution < 1.29 is 4.79 Å². The summed E-state index contributed by atoms with van der Waals surface area (Å²) in [4.78, 5) is 15.9. The van der Waals surface area contributed by atoms with Crippen LogP contribution in [0.1, 0.15) is 48.6 Å². The van der Waals surface area contributed by atoms with Gasteiger partial charge in [-0.2, -0.15) is 0 Å². The second-order valence-corrected chi connectivity index (χ2v) is 6.09. The maximum absolute atomic E-state index is 11.9. The Kier molecular flexibility index (Phi) is 6.90. The highest BCUT2D eigenvalue weighted by atomic mass is 32.1. The van der Waals surface area contributed by atoms with Crippen LogP contribution in [0.3, 0.4) is 0 Å². The van der Waals surface area contributed by atoms with Crippen molar-refractivity contribution in [2.45, 2.75) is 37.5 Å². The molecule has 5 N–H and O–H groups in total. The van der Waals surface area contributed by atoms with E-state index in [9.17, 15) is 4.79 Å². The number of nitrogens with two attached hydrogens (primary N) is 1. The van der Waals surface area contributed by atoms with Gasteiger partial charge in [-0.25, -0.2) is 4.99 Å². The lowest BCUT2D eigenvalue weighted by molar-refractivity contribution is -0.121. The lowest BCUT2D eigenvalue weighted by Gasteiger charge is -2.21. The van der Waals surface area contributed by atoms with Crippen LogP contribution in [0.2, 0.25) is 0 Å². The summed E-state index contributed by atoms with van der Waals surface area (Å²) in [5.74, 6) is 0.630. The van der Waals surface area contributed by atoms with E-state index in [1.807, 2.05) is 0 Å². The van der Waals surface area contributed by atoms with Gasteiger partial charge < -0.3 is 16.4 Å². The number of isothiocyanates is 1. The number of carbonyl (C=O) groups is 1. The maximum Gasteiger partial charge on any atom is 0.221 e. The Bertz CT molecular complexity index is 642. The molecule has 0 radical (unpaired) electrons. The Morgan fingerprint density at radius 1 is 1.29 bits per heavy atom. The molecule has 0 saturated heterocycles. The second-order valence-electron chi connectivity index (χ2n) is 5.90. The monoisotopic (exact) mass is 345 g/mol. The number of guanidine groups is 1. The number of nitrogens with one attached hydrogen (secondary N) is 3. The molecule has 7 heteroatoms. The van der Waals surface area contributed by atoms with Gasteiger partial charge in [0.25, 0.3) is 0 Å². The zero-order chi connectivity index (χ0) is 17.4. The minimum Gasteiger partial charge on any atom is -0.370 e. The first-order valence-corrected chi connectivity index (χ1v) is 8.50. The molecular weight excluding hydrogens is 322 g/mol. The van der Waals surface area contributed by atoms with Crippen molar-refractivity contribution in [2.75, 3.05) is 13.2 Å². The number of aliphatic imine (C=N–C) groups is 1. The maximum atomic E-state index is 11.9. The number of hydrogen-bond acceptors (Lipinski definition) is 4. The van der Waals surface area contributed by atoms with E-state index in [0.29, 0.717) is 24.8 Å². The number of benzene rings is 1. The highest BCUT2D eigenvalue weighted by molar-refractivity contribution is 7.78. The zero-order valence-corrected chi connectivity index (χ0v) is 14.4. The largest absolute Gasteiger partial charge is 0.370 e. The number of nitrogens with zero attached hydrogens (tertiary/aromatic N) is 1. The molecule has 2 rings (SSSR count). The van der Waals surface area contributed by atoms with Crippen LogP contribution in [0.5, 0.6) is 0 Å². The van der Waals surface area contributed by atoms with Crippen LogP contribution in [0.15, 0.2) is 29.3 Å². The molecule has 0 saturated carbocycles. The molecule has 1 amide bonds. The number of amides is 1. The van der Waals surface area contributed by atoms with Crippen molar-refractivity contribution in [3.05, 3.63) is 35.4 Å². The van der Waals surface area contributed by atoms with Gasteiger partial charge in [-0.1, -0.05) is 24.3 Å². The second kappa shape index (κ2) is 9.15. The zero-order valence-electron chi connectivity index (χ0n) is 13.5. The Hall–Kier alpha value is -2.24. The minimum absolute atomic E-state index is 0.0344. The van der Waals surface area contributed by atoms with Gasteiger partial charge in [-0.05, 0) is 54.4 Å². The molecule has 0 fully saturated rings. The molecule has 2 unspecified atom stereocenters. The molecular formula is C17H23N5OS. The fourth-order valence-corrected chi connectivity index (χ4v) is 3.36. The van der Waals surface area contributed by atoms with Gasteiger partial charge in [0.15, 0.2) is 5.96 Å². The predicted octanol–water partition coefficient (Wildman–Crippen LogP) is 2.09. The molecule has 2 bridgehead atoms. The molecule has 24 heavy (non-hydrogen) atoms. The van der Waals surface area contributed by atoms with Gasteiger partial charge in [0.2, 0.25) is 5.91 Å². The van der Waals surface area contributed by atoms with Crippen LogP contribution >= 0.6 is 12.2 Å². The van der Waals surface area contributed by atoms with Gasteiger partial charge in [-0.15, -0.1) is 0 Å². The molecule has 0 spiro atoms. The molecule has 1 aromatic carbocycles. The number of hydrogen-bond donors (Lipinski definition) is 4. The average Bonchev–Trinajstić information content (AvgIpc) is 2.79. The Morgan fingerprint density at radius 2 is 2.00 bits per heavy atom. The summed E-state index contributed by atoms with van der Waals surface area (Å²) in [5.41, 5.74) is 7.84. The molecule has 1 aliphatic carbocycles. The van der Waals surface area contributed by atoms with E-state index in [0.717, 1.165) is 19.3 Å². The summed E-state index contributed by atoms with van der Waals surface area (Å²) in [6, 6.07) is 8.63. The van der Waals surface area contributed by atoms with Crippen molar-refractivity contribution in [3.8, 4) is 0 Å². The fourth-order valence-electron chi connectivity index (χ4n) is 3.27. The van der Waals surface area contributed by atoms with E-state index in [2.05, 4.69) is 57.3 Å². The van der Waals surface area contributed by atoms with E-state index in [1.165, 1.54) is 11.1 Å². The summed E-state index contributed by atoms with van der Waals surface area (Å²) in [6.45, 7) is 0.894. The molecule has 6 nitrogen and oxygen atoms in total. The van der Waals surface area contributed by atoms with E-state index < -0.39 is 0 Å².